The molecule has 0 fully saturated rings. The maximum absolute atomic E-state index is 9.18. The number of aromatic nitrogens is 3. The van der Waals surface area contributed by atoms with Gasteiger partial charge in [0.25, 0.3) is 0 Å². The predicted molar refractivity (Wildman–Crippen MR) is 84.7 cm³/mol. The number of aliphatic hydroxyl groups excluding tert-OH is 1. The number of hydrogen-bond donors (Lipinski definition) is 1. The highest BCUT2D eigenvalue weighted by molar-refractivity contribution is 6.31. The minimum atomic E-state index is -0.0974. The maximum atomic E-state index is 9.18. The number of aliphatic hydroxyl groups is 1. The Balaban J connectivity index is 2.18. The van der Waals surface area contributed by atoms with E-state index >= 15 is 0 Å². The Morgan fingerprint density at radius 3 is 2.52 bits per heavy atom. The lowest BCUT2D eigenvalue weighted by Crippen LogP contribution is -2.14. The van der Waals surface area contributed by atoms with Crippen LogP contribution in [-0.4, -0.2) is 26.5 Å². The third-order valence-electron chi connectivity index (χ3n) is 3.31. The smallest absolute Gasteiger partial charge is 0.156 e. The molecular formula is C16H22ClN3O. The van der Waals surface area contributed by atoms with E-state index in [0.29, 0.717) is 6.54 Å². The fourth-order valence-electron chi connectivity index (χ4n) is 2.10. The normalized spacial score (nSPS) is 11.9. The summed E-state index contributed by atoms with van der Waals surface area (Å²) < 4.78 is 1.80. The fraction of sp³-hybridized carbons (Fsp3) is 0.500. The average Bonchev–Trinajstić information content (AvgIpc) is 2.82. The van der Waals surface area contributed by atoms with Crippen molar-refractivity contribution in [2.24, 2.45) is 0 Å². The molecule has 1 heterocycles. The molecule has 5 heteroatoms. The molecule has 2 aromatic rings. The molecular weight excluding hydrogens is 286 g/mol. The Hall–Kier alpha value is -1.39. The summed E-state index contributed by atoms with van der Waals surface area (Å²) in [5.41, 5.74) is 1.01. The third-order valence-corrected chi connectivity index (χ3v) is 3.68. The van der Waals surface area contributed by atoms with Crippen LogP contribution in [0.1, 0.15) is 38.0 Å². The van der Waals surface area contributed by atoms with Crippen LogP contribution in [0.15, 0.2) is 24.3 Å². The number of halogens is 1. The molecule has 1 aromatic heterocycles. The van der Waals surface area contributed by atoms with Gasteiger partial charge in [-0.05, 0) is 18.1 Å². The van der Waals surface area contributed by atoms with E-state index in [1.54, 1.807) is 4.68 Å². The molecule has 0 aliphatic carbocycles. The van der Waals surface area contributed by atoms with Crippen molar-refractivity contribution in [3.8, 4) is 0 Å². The van der Waals surface area contributed by atoms with Gasteiger partial charge >= 0.3 is 0 Å². The largest absolute Gasteiger partial charge is 0.394 e. The molecule has 4 nitrogen and oxygen atoms in total. The maximum Gasteiger partial charge on any atom is 0.156 e. The monoisotopic (exact) mass is 307 g/mol. The lowest BCUT2D eigenvalue weighted by atomic mass is 9.96. The lowest BCUT2D eigenvalue weighted by Gasteiger charge is -2.12. The van der Waals surface area contributed by atoms with Crippen LogP contribution in [0.5, 0.6) is 0 Å². The van der Waals surface area contributed by atoms with Gasteiger partial charge in [-0.2, -0.15) is 5.10 Å². The van der Waals surface area contributed by atoms with Crippen LogP contribution in [0, 0.1) is 0 Å². The Bertz CT molecular complexity index is 602. The summed E-state index contributed by atoms with van der Waals surface area (Å²) >= 11 is 6.19. The second-order valence-corrected chi connectivity index (χ2v) is 6.55. The molecule has 21 heavy (non-hydrogen) atoms. The first-order valence-corrected chi connectivity index (χ1v) is 7.58. The zero-order valence-electron chi connectivity index (χ0n) is 12.8. The van der Waals surface area contributed by atoms with E-state index in [1.807, 2.05) is 24.3 Å². The Morgan fingerprint density at radius 1 is 1.19 bits per heavy atom. The average molecular weight is 308 g/mol. The molecule has 0 radical (unpaired) electrons. The molecule has 0 bridgehead atoms. The van der Waals surface area contributed by atoms with Crippen molar-refractivity contribution >= 4 is 11.6 Å². The van der Waals surface area contributed by atoms with Crippen LogP contribution in [-0.2, 0) is 24.8 Å². The lowest BCUT2D eigenvalue weighted by molar-refractivity contribution is 0.266. The molecule has 0 aliphatic rings. The zero-order chi connectivity index (χ0) is 15.5. The van der Waals surface area contributed by atoms with E-state index in [-0.39, 0.29) is 12.0 Å². The van der Waals surface area contributed by atoms with E-state index in [9.17, 15) is 5.11 Å². The van der Waals surface area contributed by atoms with Gasteiger partial charge in [0.2, 0.25) is 0 Å². The number of rotatable bonds is 5. The molecule has 0 spiro atoms. The summed E-state index contributed by atoms with van der Waals surface area (Å²) in [6.45, 7) is 6.79. The highest BCUT2D eigenvalue weighted by Crippen LogP contribution is 2.20. The van der Waals surface area contributed by atoms with Crippen LogP contribution < -0.4 is 0 Å². The topological polar surface area (TPSA) is 50.9 Å². The van der Waals surface area contributed by atoms with E-state index in [1.165, 1.54) is 0 Å². The van der Waals surface area contributed by atoms with E-state index in [4.69, 9.17) is 11.6 Å². The van der Waals surface area contributed by atoms with Crippen molar-refractivity contribution in [2.45, 2.75) is 45.6 Å². The number of benzene rings is 1. The molecule has 1 aromatic carbocycles. The van der Waals surface area contributed by atoms with Crippen LogP contribution in [0.3, 0.4) is 0 Å². The number of nitrogens with zero attached hydrogens (tertiary/aromatic N) is 3. The fourth-order valence-corrected chi connectivity index (χ4v) is 2.33. The van der Waals surface area contributed by atoms with Crippen LogP contribution >= 0.6 is 11.6 Å². The first-order chi connectivity index (χ1) is 9.91. The second-order valence-electron chi connectivity index (χ2n) is 6.14. The SMILES string of the molecule is CC(C)(C)c1nc(CCc2ccccc2Cl)n(CCO)n1. The van der Waals surface area contributed by atoms with Crippen molar-refractivity contribution in [1.29, 1.82) is 0 Å². The Labute approximate surface area is 130 Å². The van der Waals surface area contributed by atoms with Gasteiger partial charge in [0, 0.05) is 16.9 Å². The van der Waals surface area contributed by atoms with Crippen LogP contribution in [0.2, 0.25) is 5.02 Å². The molecule has 1 N–H and O–H groups in total. The molecule has 0 amide bonds. The Kier molecular flexibility index (Phi) is 5.01. The summed E-state index contributed by atoms with van der Waals surface area (Å²) in [5, 5.41) is 14.5. The van der Waals surface area contributed by atoms with Gasteiger partial charge in [-0.1, -0.05) is 50.6 Å². The molecule has 0 unspecified atom stereocenters. The second kappa shape index (κ2) is 6.58. The first kappa shape index (κ1) is 16.0. The van der Waals surface area contributed by atoms with E-state index in [0.717, 1.165) is 35.1 Å². The van der Waals surface area contributed by atoms with Crippen molar-refractivity contribution in [3.63, 3.8) is 0 Å². The van der Waals surface area contributed by atoms with Gasteiger partial charge < -0.3 is 5.11 Å². The van der Waals surface area contributed by atoms with Gasteiger partial charge in [0.1, 0.15) is 5.82 Å². The quantitative estimate of drug-likeness (QED) is 0.924. The van der Waals surface area contributed by atoms with Crippen LogP contribution in [0.4, 0.5) is 0 Å². The van der Waals surface area contributed by atoms with Gasteiger partial charge in [-0.3, -0.25) is 0 Å². The molecule has 114 valence electrons. The molecule has 0 atom stereocenters. The van der Waals surface area contributed by atoms with E-state index in [2.05, 4.69) is 30.9 Å². The van der Waals surface area contributed by atoms with Crippen LogP contribution in [0.25, 0.3) is 0 Å². The summed E-state index contributed by atoms with van der Waals surface area (Å²) in [6, 6.07) is 7.84. The van der Waals surface area contributed by atoms with E-state index < -0.39 is 0 Å². The van der Waals surface area contributed by atoms with Crippen molar-refractivity contribution < 1.29 is 5.11 Å². The predicted octanol–water partition coefficient (Wildman–Crippen LogP) is 3.01. The molecule has 0 saturated heterocycles. The van der Waals surface area contributed by atoms with Crippen molar-refractivity contribution in [1.82, 2.24) is 14.8 Å². The van der Waals surface area contributed by atoms with Crippen molar-refractivity contribution in [3.05, 3.63) is 46.5 Å². The van der Waals surface area contributed by atoms with Gasteiger partial charge in [-0.15, -0.1) is 0 Å². The number of aryl methyl sites for hydroxylation is 2. The minimum Gasteiger partial charge on any atom is -0.394 e. The first-order valence-electron chi connectivity index (χ1n) is 7.20. The summed E-state index contributed by atoms with van der Waals surface area (Å²) in [7, 11) is 0. The van der Waals surface area contributed by atoms with Crippen molar-refractivity contribution in [2.75, 3.05) is 6.61 Å². The Morgan fingerprint density at radius 2 is 1.90 bits per heavy atom. The summed E-state index contributed by atoms with van der Waals surface area (Å²) in [4.78, 5) is 4.64. The minimum absolute atomic E-state index is 0.0615. The highest BCUT2D eigenvalue weighted by Gasteiger charge is 2.21. The molecule has 2 rings (SSSR count). The molecule has 0 aliphatic heterocycles. The highest BCUT2D eigenvalue weighted by atomic mass is 35.5. The van der Waals surface area contributed by atoms with Gasteiger partial charge in [0.05, 0.1) is 13.2 Å². The zero-order valence-corrected chi connectivity index (χ0v) is 13.6. The summed E-state index contributed by atoms with van der Waals surface area (Å²) in [5.74, 6) is 1.71. The standard InChI is InChI=1S/C16H22ClN3O/c1-16(2,3)15-18-14(20(19-15)10-11-21)9-8-12-6-4-5-7-13(12)17/h4-7,21H,8-11H2,1-3H3. The molecule has 0 saturated carbocycles. The number of hydrogen-bond acceptors (Lipinski definition) is 3. The van der Waals surface area contributed by atoms with Gasteiger partial charge in [-0.25, -0.2) is 9.67 Å². The van der Waals surface area contributed by atoms with Gasteiger partial charge in [0.15, 0.2) is 5.82 Å². The third kappa shape index (κ3) is 4.05. The summed E-state index contributed by atoms with van der Waals surface area (Å²) in [6.07, 6.45) is 1.57.